The van der Waals surface area contributed by atoms with Crippen LogP contribution in [0.1, 0.15) is 44.0 Å². The number of ether oxygens (including phenoxy) is 2. The summed E-state index contributed by atoms with van der Waals surface area (Å²) < 4.78 is 12.8. The third kappa shape index (κ3) is 4.60. The summed E-state index contributed by atoms with van der Waals surface area (Å²) in [7, 11) is 3.22. The van der Waals surface area contributed by atoms with Crippen LogP contribution in [-0.2, 0) is 17.9 Å². The van der Waals surface area contributed by atoms with E-state index in [0.29, 0.717) is 36.3 Å². The molecule has 1 amide bonds. The van der Waals surface area contributed by atoms with Crippen LogP contribution in [0.5, 0.6) is 11.5 Å². The molecule has 3 rings (SSSR count). The van der Waals surface area contributed by atoms with Gasteiger partial charge in [0.15, 0.2) is 16.7 Å². The van der Waals surface area contributed by atoms with E-state index in [0.717, 1.165) is 23.1 Å². The maximum Gasteiger partial charge on any atom is 0.233 e. The molecule has 152 valence electrons. The van der Waals surface area contributed by atoms with Gasteiger partial charge in [-0.1, -0.05) is 17.8 Å². The summed E-state index contributed by atoms with van der Waals surface area (Å²) in [5, 5.41) is 9.48. The highest BCUT2D eigenvalue weighted by Gasteiger charge is 2.30. The Balaban J connectivity index is 1.62. The van der Waals surface area contributed by atoms with Gasteiger partial charge >= 0.3 is 0 Å². The molecule has 0 spiro atoms. The SMILES string of the molecule is CCN(Cc1ccc(OC)c(OC)c1)C(=O)CSc1nnc(C2CC2)n1CC. The number of amides is 1. The van der Waals surface area contributed by atoms with E-state index in [1.54, 1.807) is 14.2 Å². The van der Waals surface area contributed by atoms with Crippen LogP contribution in [0.3, 0.4) is 0 Å². The summed E-state index contributed by atoms with van der Waals surface area (Å²) in [5.74, 6) is 3.40. The van der Waals surface area contributed by atoms with Crippen molar-refractivity contribution in [3.63, 3.8) is 0 Å². The maximum atomic E-state index is 12.8. The van der Waals surface area contributed by atoms with Gasteiger partial charge in [-0.15, -0.1) is 10.2 Å². The molecule has 2 aromatic rings. The van der Waals surface area contributed by atoms with Crippen LogP contribution in [0.15, 0.2) is 23.4 Å². The largest absolute Gasteiger partial charge is 0.493 e. The summed E-state index contributed by atoms with van der Waals surface area (Å²) in [4.78, 5) is 14.6. The van der Waals surface area contributed by atoms with Gasteiger partial charge in [-0.3, -0.25) is 4.79 Å². The van der Waals surface area contributed by atoms with Crippen molar-refractivity contribution >= 4 is 17.7 Å². The van der Waals surface area contributed by atoms with Gasteiger partial charge in [0.2, 0.25) is 5.91 Å². The van der Waals surface area contributed by atoms with E-state index in [4.69, 9.17) is 9.47 Å². The Morgan fingerprint density at radius 3 is 2.57 bits per heavy atom. The first-order valence-corrected chi connectivity index (χ1v) is 10.6. The Labute approximate surface area is 170 Å². The standard InChI is InChI=1S/C20H28N4O3S/c1-5-23(12-14-7-10-16(26-3)17(11-14)27-4)18(25)13-28-20-22-21-19(15-8-9-15)24(20)6-2/h7,10-11,15H,5-6,8-9,12-13H2,1-4H3. The van der Waals surface area contributed by atoms with Crippen molar-refractivity contribution in [3.8, 4) is 11.5 Å². The Hall–Kier alpha value is -2.22. The molecule has 0 radical (unpaired) electrons. The molecule has 0 atom stereocenters. The summed E-state index contributed by atoms with van der Waals surface area (Å²) in [6.45, 7) is 6.09. The highest BCUT2D eigenvalue weighted by Crippen LogP contribution is 2.40. The third-order valence-corrected chi connectivity index (χ3v) is 5.84. The van der Waals surface area contributed by atoms with Crippen molar-refractivity contribution < 1.29 is 14.3 Å². The van der Waals surface area contributed by atoms with E-state index >= 15 is 0 Å². The highest BCUT2D eigenvalue weighted by atomic mass is 32.2. The molecule has 0 bridgehead atoms. The van der Waals surface area contributed by atoms with Crippen LogP contribution in [0.25, 0.3) is 0 Å². The lowest BCUT2D eigenvalue weighted by atomic mass is 10.2. The van der Waals surface area contributed by atoms with Gasteiger partial charge < -0.3 is 18.9 Å². The van der Waals surface area contributed by atoms with Gasteiger partial charge in [-0.25, -0.2) is 0 Å². The van der Waals surface area contributed by atoms with Crippen molar-refractivity contribution in [2.75, 3.05) is 26.5 Å². The van der Waals surface area contributed by atoms with Crippen LogP contribution in [0.2, 0.25) is 0 Å². The monoisotopic (exact) mass is 404 g/mol. The predicted molar refractivity (Wildman–Crippen MR) is 109 cm³/mol. The second kappa shape index (κ2) is 9.32. The van der Waals surface area contributed by atoms with E-state index in [1.165, 1.54) is 24.6 Å². The number of hydrogen-bond acceptors (Lipinski definition) is 6. The minimum absolute atomic E-state index is 0.0842. The van der Waals surface area contributed by atoms with E-state index in [2.05, 4.69) is 21.7 Å². The molecule has 1 aliphatic rings. The first-order valence-electron chi connectivity index (χ1n) is 9.65. The van der Waals surface area contributed by atoms with E-state index in [1.807, 2.05) is 30.0 Å². The molecule has 0 aliphatic heterocycles. The van der Waals surface area contributed by atoms with Crippen LogP contribution in [0.4, 0.5) is 0 Å². The van der Waals surface area contributed by atoms with Crippen molar-refractivity contribution in [2.24, 2.45) is 0 Å². The second-order valence-corrected chi connectivity index (χ2v) is 7.69. The molecular weight excluding hydrogens is 376 g/mol. The van der Waals surface area contributed by atoms with Gasteiger partial charge in [0.05, 0.1) is 20.0 Å². The number of benzene rings is 1. The van der Waals surface area contributed by atoms with E-state index in [-0.39, 0.29) is 5.91 Å². The molecule has 0 unspecified atom stereocenters. The second-order valence-electron chi connectivity index (χ2n) is 6.75. The summed E-state index contributed by atoms with van der Waals surface area (Å²) in [6.07, 6.45) is 2.38. The molecular formula is C20H28N4O3S. The number of hydrogen-bond donors (Lipinski definition) is 0. The fourth-order valence-corrected chi connectivity index (χ4v) is 4.05. The van der Waals surface area contributed by atoms with Crippen LogP contribution < -0.4 is 9.47 Å². The number of carbonyl (C=O) groups excluding carboxylic acids is 1. The van der Waals surface area contributed by atoms with Gasteiger partial charge in [0, 0.05) is 25.6 Å². The Morgan fingerprint density at radius 1 is 1.21 bits per heavy atom. The van der Waals surface area contributed by atoms with Gasteiger partial charge in [0.25, 0.3) is 0 Å². The Kier molecular flexibility index (Phi) is 6.83. The molecule has 1 saturated carbocycles. The molecule has 1 aromatic heterocycles. The molecule has 0 saturated heterocycles. The zero-order valence-corrected chi connectivity index (χ0v) is 17.8. The first-order chi connectivity index (χ1) is 13.6. The van der Waals surface area contributed by atoms with Crippen LogP contribution in [-0.4, -0.2) is 52.1 Å². The number of aromatic nitrogens is 3. The zero-order valence-electron chi connectivity index (χ0n) is 17.0. The predicted octanol–water partition coefficient (Wildman–Crippen LogP) is 3.33. The molecule has 28 heavy (non-hydrogen) atoms. The number of thioether (sulfide) groups is 1. The summed E-state index contributed by atoms with van der Waals surface area (Å²) >= 11 is 1.47. The van der Waals surface area contributed by atoms with Gasteiger partial charge in [-0.05, 0) is 44.4 Å². The molecule has 1 fully saturated rings. The van der Waals surface area contributed by atoms with Crippen molar-refractivity contribution in [2.45, 2.75) is 50.9 Å². The van der Waals surface area contributed by atoms with Crippen molar-refractivity contribution in [3.05, 3.63) is 29.6 Å². The minimum Gasteiger partial charge on any atom is -0.493 e. The smallest absolute Gasteiger partial charge is 0.233 e. The Morgan fingerprint density at radius 2 is 1.96 bits per heavy atom. The average molecular weight is 405 g/mol. The van der Waals surface area contributed by atoms with Crippen LogP contribution >= 0.6 is 11.8 Å². The zero-order chi connectivity index (χ0) is 20.1. The number of nitrogens with zero attached hydrogens (tertiary/aromatic N) is 4. The third-order valence-electron chi connectivity index (χ3n) is 4.88. The fraction of sp³-hybridized carbons (Fsp3) is 0.550. The normalized spacial score (nSPS) is 13.4. The lowest BCUT2D eigenvalue weighted by Gasteiger charge is -2.21. The van der Waals surface area contributed by atoms with Gasteiger partial charge in [0.1, 0.15) is 5.82 Å². The quantitative estimate of drug-likeness (QED) is 0.566. The molecule has 8 heteroatoms. The fourth-order valence-electron chi connectivity index (χ4n) is 3.14. The van der Waals surface area contributed by atoms with Crippen molar-refractivity contribution in [1.29, 1.82) is 0 Å². The lowest BCUT2D eigenvalue weighted by Crippen LogP contribution is -2.31. The molecule has 1 aliphatic carbocycles. The summed E-state index contributed by atoms with van der Waals surface area (Å²) in [6, 6.07) is 5.74. The number of carbonyl (C=O) groups is 1. The lowest BCUT2D eigenvalue weighted by molar-refractivity contribution is -0.128. The van der Waals surface area contributed by atoms with E-state index < -0.39 is 0 Å². The van der Waals surface area contributed by atoms with Crippen molar-refractivity contribution in [1.82, 2.24) is 19.7 Å². The molecule has 1 aromatic carbocycles. The van der Waals surface area contributed by atoms with E-state index in [9.17, 15) is 4.79 Å². The average Bonchev–Trinajstić information content (AvgIpc) is 3.49. The number of methoxy groups -OCH3 is 2. The summed E-state index contributed by atoms with van der Waals surface area (Å²) in [5.41, 5.74) is 1.01. The minimum atomic E-state index is 0.0842. The molecule has 1 heterocycles. The topological polar surface area (TPSA) is 69.5 Å². The van der Waals surface area contributed by atoms with Gasteiger partial charge in [-0.2, -0.15) is 0 Å². The maximum absolute atomic E-state index is 12.8. The highest BCUT2D eigenvalue weighted by molar-refractivity contribution is 7.99. The molecule has 0 N–H and O–H groups in total. The molecule has 7 nitrogen and oxygen atoms in total. The first kappa shape index (κ1) is 20.5. The Bertz CT molecular complexity index is 820. The number of rotatable bonds is 10. The van der Waals surface area contributed by atoms with Crippen LogP contribution in [0, 0.1) is 0 Å².